The van der Waals surface area contributed by atoms with Gasteiger partial charge in [0.25, 0.3) is 5.91 Å². The van der Waals surface area contributed by atoms with Gasteiger partial charge in [0, 0.05) is 23.3 Å². The highest BCUT2D eigenvalue weighted by molar-refractivity contribution is 6.34. The van der Waals surface area contributed by atoms with E-state index >= 15 is 0 Å². The van der Waals surface area contributed by atoms with Crippen LogP contribution in [0.4, 0.5) is 5.69 Å². The van der Waals surface area contributed by atoms with Crippen molar-refractivity contribution in [2.45, 2.75) is 0 Å². The first-order valence-electron chi connectivity index (χ1n) is 6.95. The molecule has 120 valence electrons. The van der Waals surface area contributed by atoms with Crippen molar-refractivity contribution in [2.24, 2.45) is 0 Å². The Morgan fingerprint density at radius 1 is 1.17 bits per heavy atom. The summed E-state index contributed by atoms with van der Waals surface area (Å²) in [5, 5.41) is 16.8. The number of nitrogens with zero attached hydrogens (tertiary/aromatic N) is 3. The Hall–Kier alpha value is -3.13. The van der Waals surface area contributed by atoms with E-state index in [1.165, 1.54) is 0 Å². The number of fused-ring (bicyclic) bond motifs is 1. The number of hydrogen-bond acceptors (Lipinski definition) is 6. The smallest absolute Gasteiger partial charge is 0.255 e. The molecule has 0 unspecified atom stereocenters. The maximum Gasteiger partial charge on any atom is 0.255 e. The van der Waals surface area contributed by atoms with E-state index in [1.54, 1.807) is 36.4 Å². The second kappa shape index (κ2) is 5.82. The van der Waals surface area contributed by atoms with Crippen LogP contribution in [0.3, 0.4) is 0 Å². The molecule has 2 aromatic carbocycles. The summed E-state index contributed by atoms with van der Waals surface area (Å²) in [6, 6.07) is 10.1. The number of H-pyrrole nitrogens is 1. The number of carbonyl (C=O) groups is 1. The standard InChI is InChI=1S/C15H10ClN5O3/c16-10-5-12-13(24-7-23-12)6-11(10)17-15(22)9-3-1-8(2-4-9)14-18-20-21-19-14/h1-6H,7H2,(H,17,22)(H,18,19,20,21). The summed E-state index contributed by atoms with van der Waals surface area (Å²) in [5.41, 5.74) is 1.67. The number of ether oxygens (including phenoxy) is 2. The number of tetrazole rings is 1. The van der Waals surface area contributed by atoms with Crippen LogP contribution >= 0.6 is 11.6 Å². The number of carbonyl (C=O) groups excluding carboxylic acids is 1. The van der Waals surface area contributed by atoms with Gasteiger partial charge in [-0.1, -0.05) is 23.7 Å². The Kier molecular flexibility index (Phi) is 3.51. The molecule has 0 bridgehead atoms. The molecule has 2 N–H and O–H groups in total. The zero-order valence-corrected chi connectivity index (χ0v) is 12.9. The average molecular weight is 344 g/mol. The molecule has 1 aliphatic heterocycles. The average Bonchev–Trinajstić information content (AvgIpc) is 3.26. The molecule has 3 aromatic rings. The summed E-state index contributed by atoms with van der Waals surface area (Å²) >= 11 is 6.16. The fraction of sp³-hybridized carbons (Fsp3) is 0.0667. The van der Waals surface area contributed by atoms with Crippen molar-refractivity contribution in [3.05, 3.63) is 47.0 Å². The SMILES string of the molecule is O=C(Nc1cc2c(cc1Cl)OCO2)c1ccc(-c2nn[nH]n2)cc1. The summed E-state index contributed by atoms with van der Waals surface area (Å²) in [6.45, 7) is 0.139. The lowest BCUT2D eigenvalue weighted by Crippen LogP contribution is -2.12. The third-order valence-corrected chi connectivity index (χ3v) is 3.77. The number of anilines is 1. The molecule has 0 fully saturated rings. The van der Waals surface area contributed by atoms with E-state index < -0.39 is 0 Å². The van der Waals surface area contributed by atoms with Crippen LogP contribution in [0.1, 0.15) is 10.4 Å². The van der Waals surface area contributed by atoms with Crippen LogP contribution in [0.15, 0.2) is 36.4 Å². The van der Waals surface area contributed by atoms with Gasteiger partial charge >= 0.3 is 0 Å². The molecule has 4 rings (SSSR count). The Balaban J connectivity index is 1.54. The van der Waals surface area contributed by atoms with E-state index in [-0.39, 0.29) is 12.7 Å². The summed E-state index contributed by atoms with van der Waals surface area (Å²) in [6.07, 6.45) is 0. The lowest BCUT2D eigenvalue weighted by atomic mass is 10.1. The molecule has 1 aromatic heterocycles. The van der Waals surface area contributed by atoms with Gasteiger partial charge in [-0.15, -0.1) is 10.2 Å². The first-order chi connectivity index (χ1) is 11.7. The second-order valence-electron chi connectivity index (χ2n) is 4.95. The third kappa shape index (κ3) is 2.63. The molecule has 1 aliphatic rings. The normalized spacial score (nSPS) is 12.2. The zero-order chi connectivity index (χ0) is 16.5. The van der Waals surface area contributed by atoms with Gasteiger partial charge < -0.3 is 14.8 Å². The molecule has 1 amide bonds. The van der Waals surface area contributed by atoms with Crippen molar-refractivity contribution in [2.75, 3.05) is 12.1 Å². The van der Waals surface area contributed by atoms with Gasteiger partial charge in [-0.05, 0) is 17.3 Å². The van der Waals surface area contributed by atoms with E-state index in [4.69, 9.17) is 21.1 Å². The van der Waals surface area contributed by atoms with Crippen molar-refractivity contribution in [3.8, 4) is 22.9 Å². The number of amides is 1. The number of rotatable bonds is 3. The van der Waals surface area contributed by atoms with Gasteiger partial charge in [0.2, 0.25) is 12.6 Å². The van der Waals surface area contributed by atoms with E-state index in [9.17, 15) is 4.79 Å². The Morgan fingerprint density at radius 3 is 2.62 bits per heavy atom. The largest absolute Gasteiger partial charge is 0.454 e. The zero-order valence-electron chi connectivity index (χ0n) is 12.1. The molecule has 0 aliphatic carbocycles. The number of aromatic amines is 1. The number of aromatic nitrogens is 4. The summed E-state index contributed by atoms with van der Waals surface area (Å²) in [7, 11) is 0. The molecule has 24 heavy (non-hydrogen) atoms. The van der Waals surface area contributed by atoms with Gasteiger partial charge in [0.1, 0.15) is 0 Å². The van der Waals surface area contributed by atoms with Crippen LogP contribution in [-0.4, -0.2) is 33.3 Å². The van der Waals surface area contributed by atoms with Gasteiger partial charge in [-0.25, -0.2) is 0 Å². The maximum atomic E-state index is 12.4. The Labute approximate surface area is 140 Å². The van der Waals surface area contributed by atoms with Crippen LogP contribution in [0.25, 0.3) is 11.4 Å². The number of halogens is 1. The van der Waals surface area contributed by atoms with E-state index in [2.05, 4.69) is 25.9 Å². The highest BCUT2D eigenvalue weighted by Crippen LogP contribution is 2.39. The van der Waals surface area contributed by atoms with Crippen molar-refractivity contribution in [3.63, 3.8) is 0 Å². The lowest BCUT2D eigenvalue weighted by molar-refractivity contribution is 0.102. The van der Waals surface area contributed by atoms with Crippen LogP contribution in [-0.2, 0) is 0 Å². The summed E-state index contributed by atoms with van der Waals surface area (Å²) in [5.74, 6) is 1.26. The molecule has 0 radical (unpaired) electrons. The summed E-state index contributed by atoms with van der Waals surface area (Å²) < 4.78 is 10.5. The first-order valence-corrected chi connectivity index (χ1v) is 7.33. The van der Waals surface area contributed by atoms with Crippen LogP contribution < -0.4 is 14.8 Å². The fourth-order valence-electron chi connectivity index (χ4n) is 2.26. The Morgan fingerprint density at radius 2 is 1.92 bits per heavy atom. The molecule has 0 atom stereocenters. The van der Waals surface area contributed by atoms with Gasteiger partial charge in [0.15, 0.2) is 11.5 Å². The molecular formula is C15H10ClN5O3. The maximum absolute atomic E-state index is 12.4. The highest BCUT2D eigenvalue weighted by atomic mass is 35.5. The molecule has 0 saturated carbocycles. The minimum atomic E-state index is -0.296. The molecule has 2 heterocycles. The third-order valence-electron chi connectivity index (χ3n) is 3.46. The van der Waals surface area contributed by atoms with Crippen molar-refractivity contribution < 1.29 is 14.3 Å². The van der Waals surface area contributed by atoms with Gasteiger partial charge in [-0.3, -0.25) is 4.79 Å². The number of hydrogen-bond donors (Lipinski definition) is 2. The van der Waals surface area contributed by atoms with Crippen molar-refractivity contribution in [1.29, 1.82) is 0 Å². The predicted molar refractivity (Wildman–Crippen MR) is 85.1 cm³/mol. The van der Waals surface area contributed by atoms with Gasteiger partial charge in [0.05, 0.1) is 10.7 Å². The van der Waals surface area contributed by atoms with E-state index in [0.29, 0.717) is 33.6 Å². The van der Waals surface area contributed by atoms with Crippen molar-refractivity contribution in [1.82, 2.24) is 20.6 Å². The number of benzene rings is 2. The minimum absolute atomic E-state index is 0.139. The van der Waals surface area contributed by atoms with E-state index in [0.717, 1.165) is 5.56 Å². The second-order valence-corrected chi connectivity index (χ2v) is 5.36. The summed E-state index contributed by atoms with van der Waals surface area (Å²) in [4.78, 5) is 12.4. The predicted octanol–water partition coefficient (Wildman–Crippen LogP) is 2.50. The highest BCUT2D eigenvalue weighted by Gasteiger charge is 2.18. The quantitative estimate of drug-likeness (QED) is 0.757. The van der Waals surface area contributed by atoms with Crippen LogP contribution in [0.2, 0.25) is 5.02 Å². The van der Waals surface area contributed by atoms with Crippen LogP contribution in [0, 0.1) is 0 Å². The van der Waals surface area contributed by atoms with Crippen molar-refractivity contribution >= 4 is 23.2 Å². The molecule has 8 nitrogen and oxygen atoms in total. The molecule has 0 spiro atoms. The fourth-order valence-corrected chi connectivity index (χ4v) is 2.46. The lowest BCUT2D eigenvalue weighted by Gasteiger charge is -2.08. The topological polar surface area (TPSA) is 102 Å². The monoisotopic (exact) mass is 343 g/mol. The Bertz CT molecular complexity index is 896. The van der Waals surface area contributed by atoms with Crippen LogP contribution in [0.5, 0.6) is 11.5 Å². The van der Waals surface area contributed by atoms with Gasteiger partial charge in [-0.2, -0.15) is 5.21 Å². The molecule has 9 heteroatoms. The first kappa shape index (κ1) is 14.5. The number of nitrogens with one attached hydrogen (secondary N) is 2. The van der Waals surface area contributed by atoms with E-state index in [1.807, 2.05) is 0 Å². The minimum Gasteiger partial charge on any atom is -0.454 e. The molecular weight excluding hydrogens is 334 g/mol. The molecule has 0 saturated heterocycles.